The summed E-state index contributed by atoms with van der Waals surface area (Å²) in [6.45, 7) is 2.55. The predicted octanol–water partition coefficient (Wildman–Crippen LogP) is 0.660. The summed E-state index contributed by atoms with van der Waals surface area (Å²) in [5.41, 5.74) is 0. The summed E-state index contributed by atoms with van der Waals surface area (Å²) in [5, 5.41) is 8.64. The first kappa shape index (κ1) is 8.94. The second kappa shape index (κ2) is 4.67. The van der Waals surface area contributed by atoms with E-state index in [1.54, 1.807) is 0 Å². The second-order valence-electron chi connectivity index (χ2n) is 3.19. The fourth-order valence-electron chi connectivity index (χ4n) is 1.62. The maximum atomic E-state index is 12.2. The van der Waals surface area contributed by atoms with Crippen molar-refractivity contribution in [2.45, 2.75) is 12.8 Å². The van der Waals surface area contributed by atoms with Crippen LogP contribution in [0.3, 0.4) is 0 Å². The molecule has 1 N–H and O–H groups in total. The lowest BCUT2D eigenvalue weighted by Crippen LogP contribution is -2.37. The van der Waals surface area contributed by atoms with Crippen LogP contribution < -0.4 is 0 Å². The Morgan fingerprint density at radius 2 is 2.36 bits per heavy atom. The van der Waals surface area contributed by atoms with E-state index in [1.807, 2.05) is 0 Å². The summed E-state index contributed by atoms with van der Waals surface area (Å²) in [6, 6.07) is 0. The van der Waals surface area contributed by atoms with Crippen LogP contribution in [0.4, 0.5) is 4.39 Å². The molecule has 1 atom stereocenters. The molecule has 0 amide bonds. The van der Waals surface area contributed by atoms with Gasteiger partial charge in [-0.3, -0.25) is 4.39 Å². The van der Waals surface area contributed by atoms with Crippen LogP contribution >= 0.6 is 0 Å². The van der Waals surface area contributed by atoms with Gasteiger partial charge in [0.2, 0.25) is 0 Å². The number of rotatable bonds is 3. The summed E-state index contributed by atoms with van der Waals surface area (Å²) in [7, 11) is 0. The molecule has 0 radical (unpaired) electrons. The van der Waals surface area contributed by atoms with Gasteiger partial charge < -0.3 is 10.0 Å². The van der Waals surface area contributed by atoms with Crippen molar-refractivity contribution in [1.29, 1.82) is 0 Å². The number of alkyl halides is 1. The third-order valence-electron chi connectivity index (χ3n) is 2.24. The zero-order valence-corrected chi connectivity index (χ0v) is 6.80. The van der Waals surface area contributed by atoms with Crippen LogP contribution in [0, 0.1) is 5.92 Å². The van der Waals surface area contributed by atoms with Gasteiger partial charge >= 0.3 is 0 Å². The van der Waals surface area contributed by atoms with Crippen molar-refractivity contribution in [3.05, 3.63) is 0 Å². The maximum Gasteiger partial charge on any atom is 0.0934 e. The molecule has 1 aliphatic heterocycles. The average molecular weight is 161 g/mol. The van der Waals surface area contributed by atoms with Crippen molar-refractivity contribution in [2.75, 3.05) is 32.9 Å². The summed E-state index contributed by atoms with van der Waals surface area (Å²) >= 11 is 0. The molecule has 0 aromatic rings. The summed E-state index contributed by atoms with van der Waals surface area (Å²) in [4.78, 5) is 2.13. The number of hydrogen-bond acceptors (Lipinski definition) is 2. The summed E-state index contributed by atoms with van der Waals surface area (Å²) in [6.07, 6.45) is 2.09. The third kappa shape index (κ3) is 2.75. The van der Waals surface area contributed by atoms with Crippen LogP contribution in [-0.2, 0) is 0 Å². The molecule has 66 valence electrons. The first-order valence-corrected chi connectivity index (χ1v) is 4.26. The Kier molecular flexibility index (Phi) is 3.80. The predicted molar refractivity (Wildman–Crippen MR) is 42.2 cm³/mol. The Labute approximate surface area is 67.0 Å². The van der Waals surface area contributed by atoms with E-state index >= 15 is 0 Å². The third-order valence-corrected chi connectivity index (χ3v) is 2.24. The van der Waals surface area contributed by atoms with Gasteiger partial charge in [-0.05, 0) is 19.4 Å². The minimum absolute atomic E-state index is 0.193. The van der Waals surface area contributed by atoms with Gasteiger partial charge in [0.1, 0.15) is 0 Å². The minimum atomic E-state index is -0.206. The van der Waals surface area contributed by atoms with Crippen molar-refractivity contribution in [2.24, 2.45) is 5.92 Å². The van der Waals surface area contributed by atoms with E-state index in [0.29, 0.717) is 6.54 Å². The lowest BCUT2D eigenvalue weighted by atomic mass is 10.00. The number of piperidine rings is 1. The van der Waals surface area contributed by atoms with E-state index in [-0.39, 0.29) is 19.2 Å². The molecule has 3 heteroatoms. The molecule has 11 heavy (non-hydrogen) atoms. The van der Waals surface area contributed by atoms with Crippen LogP contribution in [0.15, 0.2) is 0 Å². The van der Waals surface area contributed by atoms with E-state index in [4.69, 9.17) is 5.11 Å². The lowest BCUT2D eigenvalue weighted by Gasteiger charge is -2.30. The van der Waals surface area contributed by atoms with E-state index in [1.165, 1.54) is 0 Å². The van der Waals surface area contributed by atoms with E-state index in [0.717, 1.165) is 25.9 Å². The molecule has 0 aromatic heterocycles. The quantitative estimate of drug-likeness (QED) is 0.657. The molecule has 1 heterocycles. The van der Waals surface area contributed by atoms with Crippen molar-refractivity contribution in [1.82, 2.24) is 4.90 Å². The Hall–Kier alpha value is -0.150. The molecule has 0 unspecified atom stereocenters. The Morgan fingerprint density at radius 3 is 3.00 bits per heavy atom. The topological polar surface area (TPSA) is 23.5 Å². The monoisotopic (exact) mass is 161 g/mol. The van der Waals surface area contributed by atoms with Crippen LogP contribution in [0.25, 0.3) is 0 Å². The molecule has 0 bridgehead atoms. The fraction of sp³-hybridized carbons (Fsp3) is 1.00. The lowest BCUT2D eigenvalue weighted by molar-refractivity contribution is 0.127. The molecule has 1 rings (SSSR count). The molecular formula is C8H16FNO. The van der Waals surface area contributed by atoms with Crippen molar-refractivity contribution in [3.63, 3.8) is 0 Å². The highest BCUT2D eigenvalue weighted by atomic mass is 19.1. The van der Waals surface area contributed by atoms with Gasteiger partial charge in [-0.1, -0.05) is 0 Å². The largest absolute Gasteiger partial charge is 0.395 e. The van der Waals surface area contributed by atoms with Gasteiger partial charge in [0, 0.05) is 19.0 Å². The first-order chi connectivity index (χ1) is 5.36. The number of nitrogens with zero attached hydrogens (tertiary/aromatic N) is 1. The number of aliphatic hydroxyl groups excluding tert-OH is 1. The van der Waals surface area contributed by atoms with Crippen molar-refractivity contribution < 1.29 is 9.50 Å². The molecule has 0 aromatic carbocycles. The summed E-state index contributed by atoms with van der Waals surface area (Å²) in [5.74, 6) is 0.218. The molecule has 1 aliphatic rings. The zero-order chi connectivity index (χ0) is 8.10. The van der Waals surface area contributed by atoms with Crippen molar-refractivity contribution >= 4 is 0 Å². The normalized spacial score (nSPS) is 27.3. The number of likely N-dealkylation sites (tertiary alicyclic amines) is 1. The fourth-order valence-corrected chi connectivity index (χ4v) is 1.62. The van der Waals surface area contributed by atoms with E-state index in [9.17, 15) is 4.39 Å². The van der Waals surface area contributed by atoms with Gasteiger partial charge in [0.05, 0.1) is 13.3 Å². The molecule has 0 aliphatic carbocycles. The molecule has 1 saturated heterocycles. The minimum Gasteiger partial charge on any atom is -0.395 e. The van der Waals surface area contributed by atoms with Crippen LogP contribution in [-0.4, -0.2) is 42.9 Å². The molecule has 0 saturated carbocycles. The Bertz CT molecular complexity index is 108. The smallest absolute Gasteiger partial charge is 0.0934 e. The highest BCUT2D eigenvalue weighted by molar-refractivity contribution is 4.71. The van der Waals surface area contributed by atoms with Crippen LogP contribution in [0.2, 0.25) is 0 Å². The Balaban J connectivity index is 2.21. The molecule has 0 spiro atoms. The number of halogens is 1. The molecular weight excluding hydrogens is 145 g/mol. The molecule has 1 fully saturated rings. The van der Waals surface area contributed by atoms with Gasteiger partial charge in [0.15, 0.2) is 0 Å². The van der Waals surface area contributed by atoms with Crippen LogP contribution in [0.1, 0.15) is 12.8 Å². The maximum absolute atomic E-state index is 12.2. The molecule has 2 nitrogen and oxygen atoms in total. The highest BCUT2D eigenvalue weighted by Gasteiger charge is 2.18. The van der Waals surface area contributed by atoms with E-state index in [2.05, 4.69) is 4.90 Å². The first-order valence-electron chi connectivity index (χ1n) is 4.26. The SMILES string of the molecule is OCCN1CCC[C@H](CF)C1. The van der Waals surface area contributed by atoms with Gasteiger partial charge in [-0.25, -0.2) is 0 Å². The highest BCUT2D eigenvalue weighted by Crippen LogP contribution is 2.15. The van der Waals surface area contributed by atoms with Gasteiger partial charge in [-0.15, -0.1) is 0 Å². The van der Waals surface area contributed by atoms with Crippen molar-refractivity contribution in [3.8, 4) is 0 Å². The van der Waals surface area contributed by atoms with E-state index < -0.39 is 0 Å². The zero-order valence-electron chi connectivity index (χ0n) is 6.80. The van der Waals surface area contributed by atoms with Crippen LogP contribution in [0.5, 0.6) is 0 Å². The number of hydrogen-bond donors (Lipinski definition) is 1. The van der Waals surface area contributed by atoms with Gasteiger partial charge in [0.25, 0.3) is 0 Å². The van der Waals surface area contributed by atoms with Gasteiger partial charge in [-0.2, -0.15) is 0 Å². The number of β-amino-alcohol motifs (C(OH)–C–C–N with tert-alkyl or cyclic N) is 1. The number of aliphatic hydroxyl groups is 1. The standard InChI is InChI=1S/C8H16FNO/c9-6-8-2-1-3-10(7-8)4-5-11/h8,11H,1-7H2/t8-/m1/s1. The summed E-state index contributed by atoms with van der Waals surface area (Å²) < 4.78 is 12.2. The Morgan fingerprint density at radius 1 is 1.55 bits per heavy atom. The second-order valence-corrected chi connectivity index (χ2v) is 3.19. The average Bonchev–Trinajstić information content (AvgIpc) is 2.06.